The first-order valence-corrected chi connectivity index (χ1v) is 5.01. The van der Waals surface area contributed by atoms with E-state index in [0.29, 0.717) is 12.6 Å². The zero-order valence-corrected chi connectivity index (χ0v) is 8.75. The molecule has 1 aliphatic rings. The first-order valence-electron chi connectivity index (χ1n) is 5.01. The van der Waals surface area contributed by atoms with Gasteiger partial charge in [-0.15, -0.1) is 0 Å². The fourth-order valence-electron chi connectivity index (χ4n) is 1.96. The fourth-order valence-corrected chi connectivity index (χ4v) is 1.96. The van der Waals surface area contributed by atoms with E-state index in [1.165, 1.54) is 16.9 Å². The Hall–Kier alpha value is -1.22. The Balaban J connectivity index is 2.39. The summed E-state index contributed by atoms with van der Waals surface area (Å²) < 4.78 is 0. The molecule has 76 valence electrons. The molecule has 0 spiro atoms. The maximum atomic E-state index is 5.62. The second-order valence-corrected chi connectivity index (χ2v) is 3.98. The van der Waals surface area contributed by atoms with Crippen molar-refractivity contribution in [3.8, 4) is 0 Å². The van der Waals surface area contributed by atoms with Gasteiger partial charge in [-0.1, -0.05) is 6.07 Å². The number of nitrogens with two attached hydrogens (primary N) is 1. The van der Waals surface area contributed by atoms with Crippen molar-refractivity contribution in [2.24, 2.45) is 5.73 Å². The van der Waals surface area contributed by atoms with E-state index in [0.717, 1.165) is 6.54 Å². The van der Waals surface area contributed by atoms with Crippen molar-refractivity contribution >= 4 is 11.4 Å². The Morgan fingerprint density at radius 2 is 2.36 bits per heavy atom. The van der Waals surface area contributed by atoms with Gasteiger partial charge >= 0.3 is 0 Å². The first kappa shape index (κ1) is 9.34. The Kier molecular flexibility index (Phi) is 2.33. The number of likely N-dealkylation sites (N-methyl/N-ethyl adjacent to an activating group) is 1. The molecule has 1 unspecified atom stereocenters. The number of nitrogens with zero attached hydrogens (tertiary/aromatic N) is 1. The number of nitrogens with one attached hydrogen (secondary N) is 1. The van der Waals surface area contributed by atoms with E-state index < -0.39 is 0 Å². The fraction of sp³-hybridized carbons (Fsp3) is 0.455. The quantitative estimate of drug-likeness (QED) is 0.705. The Morgan fingerprint density at radius 3 is 3.07 bits per heavy atom. The molecule has 0 radical (unpaired) electrons. The molecule has 1 aliphatic heterocycles. The van der Waals surface area contributed by atoms with Crippen LogP contribution in [0.15, 0.2) is 18.2 Å². The van der Waals surface area contributed by atoms with E-state index in [-0.39, 0.29) is 0 Å². The number of fused-ring (bicyclic) bond motifs is 1. The Bertz CT molecular complexity index is 335. The molecule has 0 aliphatic carbocycles. The van der Waals surface area contributed by atoms with Gasteiger partial charge < -0.3 is 16.0 Å². The molecule has 1 heterocycles. The van der Waals surface area contributed by atoms with E-state index in [2.05, 4.69) is 42.4 Å². The van der Waals surface area contributed by atoms with Gasteiger partial charge in [0.1, 0.15) is 0 Å². The second-order valence-electron chi connectivity index (χ2n) is 3.98. The smallest absolute Gasteiger partial charge is 0.0603 e. The van der Waals surface area contributed by atoms with Gasteiger partial charge in [0.05, 0.1) is 11.4 Å². The summed E-state index contributed by atoms with van der Waals surface area (Å²) in [5, 5.41) is 3.46. The molecule has 3 heteroatoms. The van der Waals surface area contributed by atoms with E-state index in [1.54, 1.807) is 0 Å². The third-order valence-electron chi connectivity index (χ3n) is 2.66. The summed E-state index contributed by atoms with van der Waals surface area (Å²) in [7, 11) is 2.12. The van der Waals surface area contributed by atoms with Gasteiger partial charge in [-0.25, -0.2) is 0 Å². The van der Waals surface area contributed by atoms with E-state index in [9.17, 15) is 0 Å². The molecular formula is C11H17N3. The zero-order chi connectivity index (χ0) is 10.1. The maximum absolute atomic E-state index is 5.62. The lowest BCUT2D eigenvalue weighted by molar-refractivity contribution is 0.737. The predicted molar refractivity (Wildman–Crippen MR) is 60.7 cm³/mol. The summed E-state index contributed by atoms with van der Waals surface area (Å²) in [6.07, 6.45) is 0. The van der Waals surface area contributed by atoms with E-state index in [1.807, 2.05) is 0 Å². The monoisotopic (exact) mass is 191 g/mol. The molecular weight excluding hydrogens is 174 g/mol. The SMILES string of the molecule is CC1CN(C)c2cc(CN)ccc2N1. The lowest BCUT2D eigenvalue weighted by atomic mass is 10.1. The predicted octanol–water partition coefficient (Wildman–Crippen LogP) is 1.40. The Labute approximate surface area is 84.9 Å². The van der Waals surface area contributed by atoms with Gasteiger partial charge in [0.25, 0.3) is 0 Å². The van der Waals surface area contributed by atoms with Crippen LogP contribution in [-0.4, -0.2) is 19.6 Å². The molecule has 1 aromatic rings. The topological polar surface area (TPSA) is 41.3 Å². The van der Waals surface area contributed by atoms with Crippen molar-refractivity contribution in [3.63, 3.8) is 0 Å². The summed E-state index contributed by atoms with van der Waals surface area (Å²) in [5.41, 5.74) is 9.27. The number of hydrogen-bond donors (Lipinski definition) is 2. The first-order chi connectivity index (χ1) is 6.70. The standard InChI is InChI=1S/C11H17N3/c1-8-7-14(2)11-5-9(6-12)3-4-10(11)13-8/h3-5,8,13H,6-7,12H2,1-2H3. The molecule has 2 rings (SSSR count). The van der Waals surface area contributed by atoms with Crippen LogP contribution in [0.4, 0.5) is 11.4 Å². The lowest BCUT2D eigenvalue weighted by Gasteiger charge is -2.33. The van der Waals surface area contributed by atoms with Crippen LogP contribution >= 0.6 is 0 Å². The van der Waals surface area contributed by atoms with E-state index in [4.69, 9.17) is 5.73 Å². The lowest BCUT2D eigenvalue weighted by Crippen LogP contribution is -2.37. The Morgan fingerprint density at radius 1 is 1.57 bits per heavy atom. The summed E-state index contributed by atoms with van der Waals surface area (Å²) in [6, 6.07) is 6.87. The molecule has 3 N–H and O–H groups in total. The average molecular weight is 191 g/mol. The van der Waals surface area contributed by atoms with Crippen molar-refractivity contribution in [1.82, 2.24) is 0 Å². The number of anilines is 2. The van der Waals surface area contributed by atoms with Crippen LogP contribution < -0.4 is 16.0 Å². The zero-order valence-electron chi connectivity index (χ0n) is 8.75. The molecule has 3 nitrogen and oxygen atoms in total. The van der Waals surface area contributed by atoms with Crippen molar-refractivity contribution < 1.29 is 0 Å². The molecule has 0 saturated heterocycles. The largest absolute Gasteiger partial charge is 0.379 e. The van der Waals surface area contributed by atoms with Gasteiger partial charge in [-0.3, -0.25) is 0 Å². The van der Waals surface area contributed by atoms with Crippen molar-refractivity contribution in [3.05, 3.63) is 23.8 Å². The van der Waals surface area contributed by atoms with Crippen LogP contribution in [0, 0.1) is 0 Å². The van der Waals surface area contributed by atoms with E-state index >= 15 is 0 Å². The van der Waals surface area contributed by atoms with Crippen LogP contribution in [0.1, 0.15) is 12.5 Å². The van der Waals surface area contributed by atoms with Gasteiger partial charge in [0.15, 0.2) is 0 Å². The van der Waals surface area contributed by atoms with Gasteiger partial charge in [-0.2, -0.15) is 0 Å². The highest BCUT2D eigenvalue weighted by Crippen LogP contribution is 2.30. The average Bonchev–Trinajstić information content (AvgIpc) is 2.17. The second kappa shape index (κ2) is 3.50. The van der Waals surface area contributed by atoms with Crippen LogP contribution in [0.3, 0.4) is 0 Å². The highest BCUT2D eigenvalue weighted by molar-refractivity contribution is 5.73. The summed E-state index contributed by atoms with van der Waals surface area (Å²) in [6.45, 7) is 3.84. The normalized spacial score (nSPS) is 20.2. The number of rotatable bonds is 1. The van der Waals surface area contributed by atoms with Crippen molar-refractivity contribution in [2.45, 2.75) is 19.5 Å². The molecule has 1 aromatic carbocycles. The molecule has 0 saturated carbocycles. The molecule has 0 aromatic heterocycles. The minimum absolute atomic E-state index is 0.510. The molecule has 0 fully saturated rings. The maximum Gasteiger partial charge on any atom is 0.0603 e. The third kappa shape index (κ3) is 1.55. The minimum Gasteiger partial charge on any atom is -0.379 e. The highest BCUT2D eigenvalue weighted by atomic mass is 15.2. The minimum atomic E-state index is 0.510. The van der Waals surface area contributed by atoms with Crippen molar-refractivity contribution in [1.29, 1.82) is 0 Å². The molecule has 1 atom stereocenters. The van der Waals surface area contributed by atoms with Crippen LogP contribution in [0.2, 0.25) is 0 Å². The summed E-state index contributed by atoms with van der Waals surface area (Å²) >= 11 is 0. The van der Waals surface area contributed by atoms with Gasteiger partial charge in [0, 0.05) is 26.2 Å². The van der Waals surface area contributed by atoms with Gasteiger partial charge in [0.2, 0.25) is 0 Å². The van der Waals surface area contributed by atoms with Crippen LogP contribution in [0.25, 0.3) is 0 Å². The third-order valence-corrected chi connectivity index (χ3v) is 2.66. The van der Waals surface area contributed by atoms with Crippen LogP contribution in [0.5, 0.6) is 0 Å². The number of benzene rings is 1. The summed E-state index contributed by atoms with van der Waals surface area (Å²) in [5.74, 6) is 0. The van der Waals surface area contributed by atoms with Crippen LogP contribution in [-0.2, 0) is 6.54 Å². The molecule has 0 bridgehead atoms. The molecule has 0 amide bonds. The highest BCUT2D eigenvalue weighted by Gasteiger charge is 2.17. The van der Waals surface area contributed by atoms with Gasteiger partial charge in [-0.05, 0) is 24.6 Å². The number of hydrogen-bond acceptors (Lipinski definition) is 3. The molecule has 14 heavy (non-hydrogen) atoms. The summed E-state index contributed by atoms with van der Waals surface area (Å²) in [4.78, 5) is 2.27. The van der Waals surface area contributed by atoms with Crippen molar-refractivity contribution in [2.75, 3.05) is 23.8 Å².